The van der Waals surface area contributed by atoms with Crippen molar-refractivity contribution in [3.8, 4) is 0 Å². The number of carbonyl (C=O) groups is 2. The molecule has 5 heteroatoms. The summed E-state index contributed by atoms with van der Waals surface area (Å²) in [6, 6.07) is 8.01. The zero-order chi connectivity index (χ0) is 16.7. The highest BCUT2D eigenvalue weighted by Crippen LogP contribution is 2.14. The summed E-state index contributed by atoms with van der Waals surface area (Å²) in [5.74, 6) is 0.168. The van der Waals surface area contributed by atoms with E-state index in [2.05, 4.69) is 19.2 Å². The van der Waals surface area contributed by atoms with Crippen molar-refractivity contribution < 1.29 is 9.59 Å². The predicted molar refractivity (Wildman–Crippen MR) is 99.9 cm³/mol. The van der Waals surface area contributed by atoms with Crippen molar-refractivity contribution >= 4 is 24.1 Å². The van der Waals surface area contributed by atoms with Gasteiger partial charge in [-0.15, -0.1) is 12.4 Å². The minimum atomic E-state index is 0. The molecule has 0 saturated carbocycles. The fraction of sp³-hybridized carbons (Fsp3) is 0.579. The number of aryl methyl sites for hydroxylation is 1. The van der Waals surface area contributed by atoms with Crippen molar-refractivity contribution in [2.24, 2.45) is 0 Å². The lowest BCUT2D eigenvalue weighted by Crippen LogP contribution is -2.42. The maximum Gasteiger partial charge on any atom is 0.223 e. The minimum Gasteiger partial charge on any atom is -0.338 e. The van der Waals surface area contributed by atoms with E-state index in [1.165, 1.54) is 5.56 Å². The number of Topliss-reactive ketones (excluding diaryl/α,β-unsaturated/α-hetero) is 1. The van der Waals surface area contributed by atoms with Crippen LogP contribution in [-0.4, -0.2) is 42.3 Å². The van der Waals surface area contributed by atoms with Gasteiger partial charge in [-0.1, -0.05) is 38.1 Å². The van der Waals surface area contributed by atoms with Gasteiger partial charge in [-0.3, -0.25) is 9.59 Å². The number of nitrogens with zero attached hydrogens (tertiary/aromatic N) is 1. The highest BCUT2D eigenvalue weighted by atomic mass is 35.5. The van der Waals surface area contributed by atoms with Crippen LogP contribution in [0.4, 0.5) is 0 Å². The van der Waals surface area contributed by atoms with E-state index in [-0.39, 0.29) is 24.1 Å². The van der Waals surface area contributed by atoms with Crippen molar-refractivity contribution in [3.05, 3.63) is 35.4 Å². The molecule has 0 radical (unpaired) electrons. The topological polar surface area (TPSA) is 49.4 Å². The molecule has 1 amide bonds. The Morgan fingerprint density at radius 1 is 1.17 bits per heavy atom. The Morgan fingerprint density at radius 3 is 2.42 bits per heavy atom. The van der Waals surface area contributed by atoms with Crippen molar-refractivity contribution in [1.82, 2.24) is 10.2 Å². The van der Waals surface area contributed by atoms with Gasteiger partial charge in [-0.2, -0.15) is 0 Å². The van der Waals surface area contributed by atoms with Crippen LogP contribution in [0.25, 0.3) is 0 Å². The first-order valence-corrected chi connectivity index (χ1v) is 8.78. The van der Waals surface area contributed by atoms with E-state index < -0.39 is 0 Å². The number of nitrogens with one attached hydrogen (secondary N) is 1. The molecule has 1 heterocycles. The van der Waals surface area contributed by atoms with Crippen molar-refractivity contribution in [1.29, 1.82) is 0 Å². The smallest absolute Gasteiger partial charge is 0.223 e. The number of amides is 1. The second kappa shape index (κ2) is 10.5. The lowest BCUT2D eigenvalue weighted by atomic mass is 10.0. The first kappa shape index (κ1) is 20.7. The van der Waals surface area contributed by atoms with Crippen LogP contribution < -0.4 is 5.32 Å². The third-order valence-corrected chi connectivity index (χ3v) is 4.51. The normalized spacial score (nSPS) is 16.5. The van der Waals surface area contributed by atoms with Gasteiger partial charge in [-0.05, 0) is 31.4 Å². The number of benzene rings is 1. The maximum absolute atomic E-state index is 12.5. The molecule has 1 saturated heterocycles. The molecule has 2 rings (SSSR count). The molecule has 134 valence electrons. The van der Waals surface area contributed by atoms with E-state index in [1.54, 1.807) is 0 Å². The summed E-state index contributed by atoms with van der Waals surface area (Å²) in [6.07, 6.45) is 3.54. The maximum atomic E-state index is 12.5. The lowest BCUT2D eigenvalue weighted by Gasteiger charge is -2.28. The van der Waals surface area contributed by atoms with E-state index in [9.17, 15) is 9.59 Å². The average molecular weight is 353 g/mol. The zero-order valence-electron chi connectivity index (χ0n) is 14.7. The fourth-order valence-electron chi connectivity index (χ4n) is 3.09. The third-order valence-electron chi connectivity index (χ3n) is 4.51. The number of rotatable bonds is 8. The van der Waals surface area contributed by atoms with Crippen LogP contribution in [0.5, 0.6) is 0 Å². The monoisotopic (exact) mass is 352 g/mol. The predicted octanol–water partition coefficient (Wildman–Crippen LogP) is 3.23. The molecule has 1 aromatic rings. The van der Waals surface area contributed by atoms with Gasteiger partial charge in [0.2, 0.25) is 5.91 Å². The molecule has 1 aromatic carbocycles. The summed E-state index contributed by atoms with van der Waals surface area (Å²) in [6.45, 7) is 6.81. The molecule has 0 bridgehead atoms. The highest BCUT2D eigenvalue weighted by Gasteiger charge is 2.25. The molecule has 0 aromatic heterocycles. The Balaban J connectivity index is 0.00000288. The van der Waals surface area contributed by atoms with Gasteiger partial charge in [-0.25, -0.2) is 0 Å². The molecule has 1 unspecified atom stereocenters. The Labute approximate surface area is 151 Å². The van der Waals surface area contributed by atoms with Crippen LogP contribution in [0.1, 0.15) is 55.5 Å². The average Bonchev–Trinajstić information content (AvgIpc) is 3.11. The summed E-state index contributed by atoms with van der Waals surface area (Å²) < 4.78 is 0. The quantitative estimate of drug-likeness (QED) is 0.731. The number of hydrogen-bond donors (Lipinski definition) is 1. The van der Waals surface area contributed by atoms with Gasteiger partial charge in [0.1, 0.15) is 0 Å². The summed E-state index contributed by atoms with van der Waals surface area (Å²) in [7, 11) is 0. The SMILES string of the molecule is CCCN(C(=O)CCC(=O)c1ccc(CC)cc1)C1CCNC1.Cl. The van der Waals surface area contributed by atoms with E-state index in [4.69, 9.17) is 0 Å². The van der Waals surface area contributed by atoms with Crippen LogP contribution in [0.15, 0.2) is 24.3 Å². The van der Waals surface area contributed by atoms with Crippen molar-refractivity contribution in [3.63, 3.8) is 0 Å². The van der Waals surface area contributed by atoms with Crippen LogP contribution >= 0.6 is 12.4 Å². The standard InChI is InChI=1S/C19H28N2O2.ClH/c1-3-13-21(17-11-12-20-14-17)19(23)10-9-18(22)16-7-5-15(4-2)6-8-16;/h5-8,17,20H,3-4,9-14H2,1-2H3;1H. The molecule has 1 aliphatic rings. The third kappa shape index (κ3) is 5.60. The van der Waals surface area contributed by atoms with E-state index in [0.717, 1.165) is 38.9 Å². The molecule has 0 spiro atoms. The van der Waals surface area contributed by atoms with Crippen molar-refractivity contribution in [2.45, 2.75) is 52.0 Å². The van der Waals surface area contributed by atoms with Gasteiger partial charge in [0.05, 0.1) is 0 Å². The van der Waals surface area contributed by atoms with Gasteiger partial charge in [0.15, 0.2) is 5.78 Å². The lowest BCUT2D eigenvalue weighted by molar-refractivity contribution is -0.133. The summed E-state index contributed by atoms with van der Waals surface area (Å²) in [5, 5.41) is 3.31. The van der Waals surface area contributed by atoms with E-state index in [1.807, 2.05) is 29.2 Å². The summed E-state index contributed by atoms with van der Waals surface area (Å²) in [5.41, 5.74) is 1.93. The Bertz CT molecular complexity index is 525. The van der Waals surface area contributed by atoms with Crippen LogP contribution in [0, 0.1) is 0 Å². The largest absolute Gasteiger partial charge is 0.338 e. The Hall–Kier alpha value is -1.39. The first-order chi connectivity index (χ1) is 11.2. The zero-order valence-corrected chi connectivity index (χ0v) is 15.5. The number of ketones is 1. The highest BCUT2D eigenvalue weighted by molar-refractivity contribution is 5.98. The molecule has 1 atom stereocenters. The van der Waals surface area contributed by atoms with Crippen LogP contribution in [0.2, 0.25) is 0 Å². The molecule has 1 aliphatic heterocycles. The van der Waals surface area contributed by atoms with E-state index >= 15 is 0 Å². The first-order valence-electron chi connectivity index (χ1n) is 8.78. The molecule has 24 heavy (non-hydrogen) atoms. The Kier molecular flexibility index (Phi) is 9.01. The molecular weight excluding hydrogens is 324 g/mol. The van der Waals surface area contributed by atoms with Crippen LogP contribution in [0.3, 0.4) is 0 Å². The number of carbonyl (C=O) groups excluding carboxylic acids is 2. The molecule has 1 N–H and O–H groups in total. The second-order valence-corrected chi connectivity index (χ2v) is 6.21. The van der Waals surface area contributed by atoms with Gasteiger partial charge >= 0.3 is 0 Å². The van der Waals surface area contributed by atoms with Crippen molar-refractivity contribution in [2.75, 3.05) is 19.6 Å². The van der Waals surface area contributed by atoms with Gasteiger partial charge in [0.25, 0.3) is 0 Å². The summed E-state index contributed by atoms with van der Waals surface area (Å²) >= 11 is 0. The van der Waals surface area contributed by atoms with Crippen LogP contribution in [-0.2, 0) is 11.2 Å². The molecular formula is C19H29ClN2O2. The van der Waals surface area contributed by atoms with E-state index in [0.29, 0.717) is 24.4 Å². The minimum absolute atomic E-state index is 0. The molecule has 0 aliphatic carbocycles. The molecule has 4 nitrogen and oxygen atoms in total. The number of halogens is 1. The second-order valence-electron chi connectivity index (χ2n) is 6.21. The number of hydrogen-bond acceptors (Lipinski definition) is 3. The summed E-state index contributed by atoms with van der Waals surface area (Å²) in [4.78, 5) is 26.7. The van der Waals surface area contributed by atoms with Gasteiger partial charge in [0, 0.05) is 37.5 Å². The van der Waals surface area contributed by atoms with Gasteiger partial charge < -0.3 is 10.2 Å². The fourth-order valence-corrected chi connectivity index (χ4v) is 3.09. The molecule has 1 fully saturated rings. The Morgan fingerprint density at radius 2 is 1.88 bits per heavy atom.